The number of hydrogen-bond acceptors (Lipinski definition) is 4. The molecule has 46 heavy (non-hydrogen) atoms. The van der Waals surface area contributed by atoms with E-state index >= 15 is 0 Å². The van der Waals surface area contributed by atoms with Gasteiger partial charge in [0.1, 0.15) is 0 Å². The van der Waals surface area contributed by atoms with Crippen molar-refractivity contribution in [2.45, 2.75) is 0 Å². The summed E-state index contributed by atoms with van der Waals surface area (Å²) in [5.41, 5.74) is 4.44. The molecule has 4 heterocycles. The molecule has 4 nitrogen and oxygen atoms in total. The molecule has 0 radical (unpaired) electrons. The van der Waals surface area contributed by atoms with Crippen molar-refractivity contribution in [1.82, 2.24) is 19.5 Å². The van der Waals surface area contributed by atoms with E-state index < -0.39 is 18.1 Å². The predicted molar refractivity (Wildman–Crippen MR) is 193 cm³/mol. The second-order valence-electron chi connectivity index (χ2n) is 11.2. The molecule has 0 atom stereocenters. The maximum atomic E-state index is 8.71. The highest BCUT2D eigenvalue weighted by Crippen LogP contribution is 2.47. The van der Waals surface area contributed by atoms with E-state index in [1.165, 1.54) is 36.3 Å². The van der Waals surface area contributed by atoms with Crippen molar-refractivity contribution in [3.63, 3.8) is 0 Å². The molecular weight excluding hydrogens is 581 g/mol. The molecule has 214 valence electrons. The van der Waals surface area contributed by atoms with Crippen LogP contribution in [0.5, 0.6) is 0 Å². The minimum Gasteiger partial charge on any atom is -0.308 e. The number of hydrogen-bond donors (Lipinski definition) is 0. The van der Waals surface area contributed by atoms with Gasteiger partial charge in [0.15, 0.2) is 11.5 Å². The average Bonchev–Trinajstić information content (AvgIpc) is 3.73. The standard InChI is InChI=1S/C41H24N4S/c1-2-12-25(13-3-1)37-32-20-11-23-42-41(32)44-40(43-37)26-14-10-15-27(24-26)45-33-21-8-6-18-30(33)35-28-16-4-5-17-29(28)36-31-19-7-9-22-34(31)46-39(36)38(35)45/h1-24H/i1D,2D,3D,12D,13D. The highest BCUT2D eigenvalue weighted by atomic mass is 32.1. The molecule has 0 fully saturated rings. The summed E-state index contributed by atoms with van der Waals surface area (Å²) in [6.45, 7) is 0. The first-order chi connectivity index (χ1) is 24.9. The summed E-state index contributed by atoms with van der Waals surface area (Å²) >= 11 is 1.80. The zero-order chi connectivity index (χ0) is 34.5. The lowest BCUT2D eigenvalue weighted by Gasteiger charge is -2.12. The topological polar surface area (TPSA) is 43.6 Å². The van der Waals surface area contributed by atoms with Gasteiger partial charge < -0.3 is 4.57 Å². The van der Waals surface area contributed by atoms with Gasteiger partial charge in [-0.2, -0.15) is 0 Å². The van der Waals surface area contributed by atoms with Crippen molar-refractivity contribution in [3.05, 3.63) is 146 Å². The molecule has 0 spiro atoms. The molecule has 5 heteroatoms. The van der Waals surface area contributed by atoms with Gasteiger partial charge in [-0.3, -0.25) is 0 Å². The lowest BCUT2D eigenvalue weighted by atomic mass is 9.99. The van der Waals surface area contributed by atoms with Gasteiger partial charge in [0.25, 0.3) is 0 Å². The highest BCUT2D eigenvalue weighted by molar-refractivity contribution is 7.27. The van der Waals surface area contributed by atoms with Gasteiger partial charge in [-0.05, 0) is 47.2 Å². The molecule has 0 unspecified atom stereocenters. The van der Waals surface area contributed by atoms with Crippen molar-refractivity contribution in [1.29, 1.82) is 0 Å². The van der Waals surface area contributed by atoms with E-state index in [9.17, 15) is 0 Å². The third-order valence-electron chi connectivity index (χ3n) is 8.72. The second-order valence-corrected chi connectivity index (χ2v) is 12.3. The molecule has 0 saturated carbocycles. The lowest BCUT2D eigenvalue weighted by molar-refractivity contribution is 1.17. The summed E-state index contributed by atoms with van der Waals surface area (Å²) in [6.07, 6.45) is 1.62. The summed E-state index contributed by atoms with van der Waals surface area (Å²) in [5, 5.41) is 7.75. The predicted octanol–water partition coefficient (Wildman–Crippen LogP) is 11.0. The van der Waals surface area contributed by atoms with Gasteiger partial charge in [0, 0.05) is 54.6 Å². The number of benzene rings is 6. The molecule has 0 bridgehead atoms. The molecule has 0 amide bonds. The minimum atomic E-state index is -0.454. The normalized spacial score (nSPS) is 13.4. The van der Waals surface area contributed by atoms with Crippen LogP contribution in [0.1, 0.15) is 6.85 Å². The average molecular weight is 610 g/mol. The largest absolute Gasteiger partial charge is 0.308 e. The molecule has 6 aromatic carbocycles. The number of aromatic nitrogens is 4. The van der Waals surface area contributed by atoms with Crippen molar-refractivity contribution >= 4 is 75.1 Å². The van der Waals surface area contributed by atoms with Crippen LogP contribution in [0, 0.1) is 0 Å². The fraction of sp³-hybridized carbons (Fsp3) is 0. The van der Waals surface area contributed by atoms with E-state index in [4.69, 9.17) is 16.8 Å². The van der Waals surface area contributed by atoms with Crippen molar-refractivity contribution in [2.75, 3.05) is 0 Å². The zero-order valence-electron chi connectivity index (χ0n) is 29.2. The summed E-state index contributed by atoms with van der Waals surface area (Å²) < 4.78 is 47.0. The van der Waals surface area contributed by atoms with Crippen LogP contribution in [0.4, 0.5) is 0 Å². The van der Waals surface area contributed by atoms with E-state index in [2.05, 4.69) is 94.5 Å². The molecule has 10 rings (SSSR count). The van der Waals surface area contributed by atoms with E-state index in [-0.39, 0.29) is 23.3 Å². The Hall–Kier alpha value is -5.91. The number of fused-ring (bicyclic) bond motifs is 11. The first-order valence-electron chi connectivity index (χ1n) is 17.5. The van der Waals surface area contributed by atoms with Crippen LogP contribution in [0.15, 0.2) is 146 Å². The molecular formula is C41H24N4S. The number of thiophene rings is 1. The van der Waals surface area contributed by atoms with Gasteiger partial charge >= 0.3 is 0 Å². The van der Waals surface area contributed by atoms with Crippen LogP contribution in [0.2, 0.25) is 0 Å². The van der Waals surface area contributed by atoms with Crippen LogP contribution in [-0.2, 0) is 0 Å². The second kappa shape index (κ2) is 9.80. The Labute approximate surface area is 274 Å². The third-order valence-corrected chi connectivity index (χ3v) is 9.90. The van der Waals surface area contributed by atoms with E-state index in [1.54, 1.807) is 29.7 Å². The summed E-state index contributed by atoms with van der Waals surface area (Å²) in [6, 6.07) is 35.3. The van der Waals surface area contributed by atoms with Gasteiger partial charge in [-0.1, -0.05) is 103 Å². The number of nitrogens with zero attached hydrogens (tertiary/aromatic N) is 4. The Morgan fingerprint density at radius 2 is 1.35 bits per heavy atom. The molecule has 0 N–H and O–H groups in total. The van der Waals surface area contributed by atoms with Gasteiger partial charge in [0.05, 0.1) is 28.3 Å². The summed E-state index contributed by atoms with van der Waals surface area (Å²) in [5.74, 6) is 0.336. The van der Waals surface area contributed by atoms with Crippen LogP contribution in [-0.4, -0.2) is 19.5 Å². The maximum absolute atomic E-state index is 8.71. The zero-order valence-corrected chi connectivity index (χ0v) is 25.0. The summed E-state index contributed by atoms with van der Waals surface area (Å²) in [4.78, 5) is 14.3. The molecule has 4 aromatic heterocycles. The Morgan fingerprint density at radius 3 is 2.22 bits per heavy atom. The smallest absolute Gasteiger partial charge is 0.163 e. The molecule has 0 saturated heterocycles. The molecule has 0 aliphatic heterocycles. The quantitative estimate of drug-likeness (QED) is 0.200. The third kappa shape index (κ3) is 3.63. The van der Waals surface area contributed by atoms with Crippen molar-refractivity contribution < 1.29 is 6.85 Å². The minimum absolute atomic E-state index is 0.0141. The Bertz CT molecular complexity index is 3080. The van der Waals surface area contributed by atoms with Crippen molar-refractivity contribution in [2.24, 2.45) is 0 Å². The highest BCUT2D eigenvalue weighted by Gasteiger charge is 2.22. The number of rotatable bonds is 3. The van der Waals surface area contributed by atoms with Crippen LogP contribution in [0.25, 0.3) is 92.1 Å². The molecule has 0 aliphatic carbocycles. The SMILES string of the molecule is [2H]c1c([2H])c([2H])c(-c2nc(-c3cccc(-n4c5ccccc5c5c6ccccc6c6c7ccccc7sc6c54)c3)nc3ncccc23)c([2H])c1[2H]. The van der Waals surface area contributed by atoms with Crippen LogP contribution >= 0.6 is 11.3 Å². The molecule has 10 aromatic rings. The van der Waals surface area contributed by atoms with E-state index in [0.717, 1.165) is 22.1 Å². The van der Waals surface area contributed by atoms with E-state index in [1.807, 2.05) is 12.1 Å². The summed E-state index contributed by atoms with van der Waals surface area (Å²) in [7, 11) is 0. The fourth-order valence-electron chi connectivity index (χ4n) is 6.83. The molecule has 0 aliphatic rings. The first-order valence-corrected chi connectivity index (χ1v) is 15.8. The first kappa shape index (κ1) is 20.9. The lowest BCUT2D eigenvalue weighted by Crippen LogP contribution is -1.98. The van der Waals surface area contributed by atoms with Gasteiger partial charge in [-0.15, -0.1) is 11.3 Å². The Kier molecular flexibility index (Phi) is 4.46. The van der Waals surface area contributed by atoms with Gasteiger partial charge in [-0.25, -0.2) is 15.0 Å². The number of para-hydroxylation sites is 1. The number of pyridine rings is 1. The van der Waals surface area contributed by atoms with E-state index in [0.29, 0.717) is 22.4 Å². The van der Waals surface area contributed by atoms with Crippen molar-refractivity contribution in [3.8, 4) is 28.3 Å². The Morgan fingerprint density at radius 1 is 0.609 bits per heavy atom. The van der Waals surface area contributed by atoms with Gasteiger partial charge in [0.2, 0.25) is 0 Å². The fourth-order valence-corrected chi connectivity index (χ4v) is 8.09. The maximum Gasteiger partial charge on any atom is 0.163 e. The van der Waals surface area contributed by atoms with Crippen LogP contribution in [0.3, 0.4) is 0 Å². The monoisotopic (exact) mass is 609 g/mol. The van der Waals surface area contributed by atoms with Crippen LogP contribution < -0.4 is 0 Å². The Balaban J connectivity index is 1.28.